The molecule has 0 aliphatic heterocycles. The van der Waals surface area contributed by atoms with Gasteiger partial charge in [-0.3, -0.25) is 9.59 Å². The van der Waals surface area contributed by atoms with Gasteiger partial charge in [0.15, 0.2) is 4.83 Å². The predicted molar refractivity (Wildman–Crippen MR) is 86.3 cm³/mol. The Hall–Kier alpha value is -2.48. The van der Waals surface area contributed by atoms with Crippen molar-refractivity contribution in [2.75, 3.05) is 0 Å². The van der Waals surface area contributed by atoms with Crippen molar-refractivity contribution < 1.29 is 9.21 Å². The highest BCUT2D eigenvalue weighted by Crippen LogP contribution is 2.26. The van der Waals surface area contributed by atoms with Gasteiger partial charge in [0.2, 0.25) is 5.91 Å². The summed E-state index contributed by atoms with van der Waals surface area (Å²) in [5, 5.41) is 11.2. The molecule has 1 amide bonds. The summed E-state index contributed by atoms with van der Waals surface area (Å²) in [5.74, 6) is 0.328. The second-order valence-electron chi connectivity index (χ2n) is 5.09. The number of hydrogen-bond donors (Lipinski definition) is 1. The first-order valence-electron chi connectivity index (χ1n) is 7.25. The van der Waals surface area contributed by atoms with Crippen LogP contribution in [0.3, 0.4) is 0 Å². The Bertz CT molecular complexity index is 895. The van der Waals surface area contributed by atoms with Gasteiger partial charge < -0.3 is 9.73 Å². The van der Waals surface area contributed by atoms with Gasteiger partial charge in [-0.15, -0.1) is 16.4 Å². The zero-order valence-corrected chi connectivity index (χ0v) is 13.6. The van der Waals surface area contributed by atoms with Crippen LogP contribution in [0, 0.1) is 6.92 Å². The van der Waals surface area contributed by atoms with Crippen LogP contribution in [0.5, 0.6) is 0 Å². The minimum Gasteiger partial charge on any atom is -0.467 e. The van der Waals surface area contributed by atoms with E-state index in [9.17, 15) is 9.59 Å². The zero-order chi connectivity index (χ0) is 16.4. The minimum atomic E-state index is -0.319. The van der Waals surface area contributed by atoms with E-state index in [1.54, 1.807) is 12.1 Å². The van der Waals surface area contributed by atoms with Crippen LogP contribution >= 0.6 is 11.3 Å². The molecular formula is C15H16N4O3S. The molecule has 0 saturated heterocycles. The van der Waals surface area contributed by atoms with Crippen molar-refractivity contribution in [3.63, 3.8) is 0 Å². The molecular weight excluding hydrogens is 316 g/mol. The Labute approximate surface area is 135 Å². The maximum atomic E-state index is 12.5. The van der Waals surface area contributed by atoms with Gasteiger partial charge in [-0.25, -0.2) is 4.68 Å². The van der Waals surface area contributed by atoms with E-state index in [4.69, 9.17) is 4.42 Å². The number of rotatable bonds is 5. The minimum absolute atomic E-state index is 0.167. The number of nitrogens with one attached hydrogen (secondary N) is 1. The largest absolute Gasteiger partial charge is 0.467 e. The third-order valence-electron chi connectivity index (χ3n) is 3.57. The quantitative estimate of drug-likeness (QED) is 0.767. The second kappa shape index (κ2) is 6.33. The van der Waals surface area contributed by atoms with Crippen molar-refractivity contribution in [2.24, 2.45) is 0 Å². The molecule has 0 atom stereocenters. The van der Waals surface area contributed by atoms with Crippen molar-refractivity contribution in [2.45, 2.75) is 33.4 Å². The Balaban J connectivity index is 1.80. The molecule has 0 radical (unpaired) electrons. The summed E-state index contributed by atoms with van der Waals surface area (Å²) < 4.78 is 6.23. The average Bonchev–Trinajstić information content (AvgIpc) is 3.16. The van der Waals surface area contributed by atoms with Gasteiger partial charge in [0.05, 0.1) is 18.2 Å². The smallest absolute Gasteiger partial charge is 0.279 e. The van der Waals surface area contributed by atoms with Crippen LogP contribution in [0.2, 0.25) is 0 Å². The highest BCUT2D eigenvalue weighted by atomic mass is 32.1. The van der Waals surface area contributed by atoms with Crippen molar-refractivity contribution in [1.82, 2.24) is 20.3 Å². The average molecular weight is 332 g/mol. The lowest BCUT2D eigenvalue weighted by molar-refractivity contribution is -0.122. The SMILES string of the molecule is CCc1sc2nnn(CC(=O)NCc3ccco3)c(=O)c2c1C. The van der Waals surface area contributed by atoms with Crippen LogP contribution in [0.25, 0.3) is 10.2 Å². The van der Waals surface area contributed by atoms with Gasteiger partial charge in [0, 0.05) is 4.88 Å². The van der Waals surface area contributed by atoms with E-state index < -0.39 is 0 Å². The monoisotopic (exact) mass is 332 g/mol. The number of carbonyl (C=O) groups is 1. The van der Waals surface area contributed by atoms with Crippen molar-refractivity contribution in [1.29, 1.82) is 0 Å². The molecule has 3 aromatic heterocycles. The van der Waals surface area contributed by atoms with Crippen LogP contribution in [0.1, 0.15) is 23.1 Å². The van der Waals surface area contributed by atoms with Gasteiger partial charge in [-0.1, -0.05) is 12.1 Å². The summed E-state index contributed by atoms with van der Waals surface area (Å²) in [4.78, 5) is 26.2. The number of amides is 1. The fraction of sp³-hybridized carbons (Fsp3) is 0.333. The summed E-state index contributed by atoms with van der Waals surface area (Å²) in [5.41, 5.74) is 0.647. The summed E-state index contributed by atoms with van der Waals surface area (Å²) in [6.45, 7) is 4.04. The Morgan fingerprint density at radius 3 is 3.00 bits per heavy atom. The van der Waals surface area contributed by atoms with Crippen LogP contribution in [-0.4, -0.2) is 20.9 Å². The molecule has 3 rings (SSSR count). The third-order valence-corrected chi connectivity index (χ3v) is 4.89. The van der Waals surface area contributed by atoms with E-state index >= 15 is 0 Å². The summed E-state index contributed by atoms with van der Waals surface area (Å²) in [6.07, 6.45) is 2.38. The molecule has 0 bridgehead atoms. The predicted octanol–water partition coefficient (Wildman–Crippen LogP) is 1.63. The third kappa shape index (κ3) is 3.02. The highest BCUT2D eigenvalue weighted by molar-refractivity contribution is 7.18. The van der Waals surface area contributed by atoms with Crippen molar-refractivity contribution >= 4 is 27.5 Å². The van der Waals surface area contributed by atoms with E-state index in [1.165, 1.54) is 17.6 Å². The Morgan fingerprint density at radius 2 is 2.30 bits per heavy atom. The maximum absolute atomic E-state index is 12.5. The molecule has 7 nitrogen and oxygen atoms in total. The number of furan rings is 1. The van der Waals surface area contributed by atoms with Crippen LogP contribution in [0.4, 0.5) is 0 Å². The standard InChI is InChI=1S/C15H16N4O3S/c1-3-11-9(2)13-14(23-11)17-18-19(15(13)21)8-12(20)16-7-10-5-4-6-22-10/h4-6H,3,7-8H2,1-2H3,(H,16,20). The van der Waals surface area contributed by atoms with Gasteiger partial charge in [-0.2, -0.15) is 0 Å². The molecule has 0 aromatic carbocycles. The van der Waals surface area contributed by atoms with Gasteiger partial charge in [0.1, 0.15) is 12.3 Å². The second-order valence-corrected chi connectivity index (χ2v) is 6.18. The van der Waals surface area contributed by atoms with E-state index in [0.717, 1.165) is 21.5 Å². The highest BCUT2D eigenvalue weighted by Gasteiger charge is 2.15. The van der Waals surface area contributed by atoms with E-state index in [2.05, 4.69) is 15.6 Å². The summed E-state index contributed by atoms with van der Waals surface area (Å²) in [7, 11) is 0. The van der Waals surface area contributed by atoms with Crippen LogP contribution in [0.15, 0.2) is 27.6 Å². The maximum Gasteiger partial charge on any atom is 0.279 e. The molecule has 3 heterocycles. The molecule has 0 spiro atoms. The van der Waals surface area contributed by atoms with Crippen LogP contribution in [-0.2, 0) is 24.3 Å². The lowest BCUT2D eigenvalue weighted by Crippen LogP contribution is -2.33. The van der Waals surface area contributed by atoms with Gasteiger partial charge in [-0.05, 0) is 31.0 Å². The fourth-order valence-electron chi connectivity index (χ4n) is 2.36. The number of thiophene rings is 1. The van der Waals surface area contributed by atoms with Gasteiger partial charge >= 0.3 is 0 Å². The molecule has 0 aliphatic carbocycles. The Morgan fingerprint density at radius 1 is 1.48 bits per heavy atom. The molecule has 0 fully saturated rings. The Kier molecular flexibility index (Phi) is 4.24. The molecule has 120 valence electrons. The molecule has 23 heavy (non-hydrogen) atoms. The number of aryl methyl sites for hydroxylation is 2. The molecule has 3 aromatic rings. The number of carbonyl (C=O) groups excluding carboxylic acids is 1. The number of fused-ring (bicyclic) bond motifs is 1. The topological polar surface area (TPSA) is 90.0 Å². The lowest BCUT2D eigenvalue weighted by Gasteiger charge is -2.05. The van der Waals surface area contributed by atoms with Crippen molar-refractivity contribution in [3.8, 4) is 0 Å². The molecule has 0 saturated carbocycles. The number of nitrogens with zero attached hydrogens (tertiary/aromatic N) is 3. The summed E-state index contributed by atoms with van der Waals surface area (Å²) >= 11 is 1.47. The normalized spacial score (nSPS) is 11.0. The van der Waals surface area contributed by atoms with Gasteiger partial charge in [0.25, 0.3) is 5.56 Å². The lowest BCUT2D eigenvalue weighted by atomic mass is 10.2. The van der Waals surface area contributed by atoms with E-state index in [0.29, 0.717) is 16.0 Å². The van der Waals surface area contributed by atoms with Crippen molar-refractivity contribution in [3.05, 3.63) is 45.0 Å². The first-order valence-corrected chi connectivity index (χ1v) is 8.06. The van der Waals surface area contributed by atoms with Crippen LogP contribution < -0.4 is 10.9 Å². The molecule has 8 heteroatoms. The van der Waals surface area contributed by atoms with E-state index in [-0.39, 0.29) is 24.6 Å². The molecule has 1 N–H and O–H groups in total. The molecule has 0 unspecified atom stereocenters. The first-order chi connectivity index (χ1) is 11.1. The number of aromatic nitrogens is 3. The fourth-order valence-corrected chi connectivity index (χ4v) is 3.41. The zero-order valence-electron chi connectivity index (χ0n) is 12.8. The number of hydrogen-bond acceptors (Lipinski definition) is 6. The molecule has 0 aliphatic rings. The van der Waals surface area contributed by atoms with E-state index in [1.807, 2.05) is 13.8 Å². The first kappa shape index (κ1) is 15.4. The summed E-state index contributed by atoms with van der Waals surface area (Å²) in [6, 6.07) is 3.51.